The summed E-state index contributed by atoms with van der Waals surface area (Å²) in [6, 6.07) is 16.8. The van der Waals surface area contributed by atoms with Crippen LogP contribution in [-0.4, -0.2) is 40.9 Å². The van der Waals surface area contributed by atoms with Crippen molar-refractivity contribution in [3.05, 3.63) is 77.6 Å². The van der Waals surface area contributed by atoms with E-state index in [0.717, 1.165) is 31.5 Å². The van der Waals surface area contributed by atoms with Gasteiger partial charge in [0.1, 0.15) is 0 Å². The van der Waals surface area contributed by atoms with Crippen molar-refractivity contribution in [1.82, 2.24) is 25.9 Å². The zero-order valence-corrected chi connectivity index (χ0v) is 17.7. The Labute approximate surface area is 186 Å². The zero-order valence-electron chi connectivity index (χ0n) is 17.7. The molecule has 32 heavy (non-hydrogen) atoms. The van der Waals surface area contributed by atoms with E-state index in [4.69, 9.17) is 5.73 Å². The molecule has 2 aromatic carbocycles. The standard InChI is InChI=1S/C24H26N6O2/c25-22-21(24(32)29-19-10-5-11-26-14-19)30-20(15-27-22)17-8-4-9-18(12-17)23(31)28-13-16-6-2-1-3-7-16/h1-4,6-9,12,15,19,26H,5,10-11,13-14H2,(H2,25,27)(H,28,31)(H,29,32)/t19-/m0/s1. The van der Waals surface area contributed by atoms with Crippen molar-refractivity contribution in [2.24, 2.45) is 0 Å². The van der Waals surface area contributed by atoms with Crippen molar-refractivity contribution in [3.8, 4) is 11.3 Å². The van der Waals surface area contributed by atoms with E-state index in [9.17, 15) is 9.59 Å². The number of carbonyl (C=O) groups is 2. The number of anilines is 1. The van der Waals surface area contributed by atoms with Crippen LogP contribution in [0, 0.1) is 0 Å². The third-order valence-corrected chi connectivity index (χ3v) is 5.36. The molecule has 1 aliphatic rings. The summed E-state index contributed by atoms with van der Waals surface area (Å²) < 4.78 is 0. The lowest BCUT2D eigenvalue weighted by molar-refractivity contribution is 0.0923. The normalized spacial score (nSPS) is 15.7. The molecule has 0 aliphatic carbocycles. The Hall–Kier alpha value is -3.78. The van der Waals surface area contributed by atoms with Gasteiger partial charge in [0.05, 0.1) is 11.9 Å². The first-order valence-electron chi connectivity index (χ1n) is 10.7. The fraction of sp³-hybridized carbons (Fsp3) is 0.250. The van der Waals surface area contributed by atoms with Crippen LogP contribution in [0.4, 0.5) is 5.82 Å². The van der Waals surface area contributed by atoms with Crippen LogP contribution in [-0.2, 0) is 6.54 Å². The lowest BCUT2D eigenvalue weighted by Crippen LogP contribution is -2.46. The number of nitrogens with zero attached hydrogens (tertiary/aromatic N) is 2. The van der Waals surface area contributed by atoms with Crippen LogP contribution in [0.2, 0.25) is 0 Å². The van der Waals surface area contributed by atoms with Crippen LogP contribution in [0.25, 0.3) is 11.3 Å². The predicted molar refractivity (Wildman–Crippen MR) is 123 cm³/mol. The molecule has 1 saturated heterocycles. The van der Waals surface area contributed by atoms with E-state index in [1.54, 1.807) is 18.2 Å². The van der Waals surface area contributed by atoms with E-state index in [1.165, 1.54) is 6.20 Å². The highest BCUT2D eigenvalue weighted by Gasteiger charge is 2.20. The average Bonchev–Trinajstić information content (AvgIpc) is 2.84. The van der Waals surface area contributed by atoms with Gasteiger partial charge in [0, 0.05) is 30.3 Å². The van der Waals surface area contributed by atoms with Gasteiger partial charge in [-0.25, -0.2) is 9.97 Å². The lowest BCUT2D eigenvalue weighted by Gasteiger charge is -2.23. The molecule has 8 heteroatoms. The molecule has 1 fully saturated rings. The molecular weight excluding hydrogens is 404 g/mol. The first-order chi connectivity index (χ1) is 15.6. The van der Waals surface area contributed by atoms with Crippen LogP contribution in [0.3, 0.4) is 0 Å². The molecule has 0 bridgehead atoms. The fourth-order valence-corrected chi connectivity index (χ4v) is 3.63. The molecule has 3 aromatic rings. The van der Waals surface area contributed by atoms with Gasteiger partial charge < -0.3 is 21.7 Å². The summed E-state index contributed by atoms with van der Waals surface area (Å²) in [5, 5.41) is 9.14. The largest absolute Gasteiger partial charge is 0.382 e. The molecule has 1 aromatic heterocycles. The first-order valence-corrected chi connectivity index (χ1v) is 10.7. The van der Waals surface area contributed by atoms with Gasteiger partial charge in [-0.2, -0.15) is 0 Å². The van der Waals surface area contributed by atoms with E-state index in [1.807, 2.05) is 36.4 Å². The number of rotatable bonds is 6. The maximum absolute atomic E-state index is 12.7. The molecule has 164 valence electrons. The van der Waals surface area contributed by atoms with Crippen LogP contribution in [0.15, 0.2) is 60.8 Å². The smallest absolute Gasteiger partial charge is 0.274 e. The zero-order chi connectivity index (χ0) is 22.3. The maximum atomic E-state index is 12.7. The number of nitrogen functional groups attached to an aromatic ring is 1. The number of piperidine rings is 1. The van der Waals surface area contributed by atoms with Gasteiger partial charge in [0.15, 0.2) is 11.5 Å². The lowest BCUT2D eigenvalue weighted by atomic mass is 10.1. The molecule has 5 N–H and O–H groups in total. The summed E-state index contributed by atoms with van der Waals surface area (Å²) in [5.74, 6) is -0.462. The highest BCUT2D eigenvalue weighted by molar-refractivity contribution is 5.97. The summed E-state index contributed by atoms with van der Waals surface area (Å²) in [4.78, 5) is 34.0. The molecule has 0 unspecified atom stereocenters. The van der Waals surface area contributed by atoms with Gasteiger partial charge in [-0.1, -0.05) is 42.5 Å². The Kier molecular flexibility index (Phi) is 6.72. The van der Waals surface area contributed by atoms with E-state index >= 15 is 0 Å². The highest BCUT2D eigenvalue weighted by atomic mass is 16.2. The first kappa shape index (κ1) is 21.5. The Balaban J connectivity index is 1.49. The van der Waals surface area contributed by atoms with Crippen LogP contribution in [0.5, 0.6) is 0 Å². The molecule has 1 aliphatic heterocycles. The Morgan fingerprint density at radius 3 is 2.72 bits per heavy atom. The van der Waals surface area contributed by atoms with Crippen molar-refractivity contribution in [2.75, 3.05) is 18.8 Å². The quantitative estimate of drug-likeness (QED) is 0.475. The van der Waals surface area contributed by atoms with Crippen molar-refractivity contribution >= 4 is 17.6 Å². The molecular formula is C24H26N6O2. The van der Waals surface area contributed by atoms with Crippen LogP contribution >= 0.6 is 0 Å². The average molecular weight is 431 g/mol. The topological polar surface area (TPSA) is 122 Å². The van der Waals surface area contributed by atoms with Gasteiger partial charge in [0.2, 0.25) is 0 Å². The second-order valence-electron chi connectivity index (χ2n) is 7.75. The predicted octanol–water partition coefficient (Wildman–Crippen LogP) is 2.14. The van der Waals surface area contributed by atoms with Crippen molar-refractivity contribution in [2.45, 2.75) is 25.4 Å². The third-order valence-electron chi connectivity index (χ3n) is 5.36. The van der Waals surface area contributed by atoms with Crippen LogP contribution in [0.1, 0.15) is 39.3 Å². The van der Waals surface area contributed by atoms with Crippen LogP contribution < -0.4 is 21.7 Å². The van der Waals surface area contributed by atoms with Crippen molar-refractivity contribution < 1.29 is 9.59 Å². The molecule has 2 heterocycles. The molecule has 4 rings (SSSR count). The van der Waals surface area contributed by atoms with E-state index in [2.05, 4.69) is 25.9 Å². The number of benzene rings is 2. The monoisotopic (exact) mass is 430 g/mol. The number of aromatic nitrogens is 2. The van der Waals surface area contributed by atoms with Crippen molar-refractivity contribution in [3.63, 3.8) is 0 Å². The highest BCUT2D eigenvalue weighted by Crippen LogP contribution is 2.20. The van der Waals surface area contributed by atoms with Gasteiger partial charge >= 0.3 is 0 Å². The van der Waals surface area contributed by atoms with Gasteiger partial charge in [-0.15, -0.1) is 0 Å². The SMILES string of the molecule is Nc1ncc(-c2cccc(C(=O)NCc3ccccc3)c2)nc1C(=O)N[C@H]1CCCNC1. The molecule has 2 amide bonds. The second-order valence-corrected chi connectivity index (χ2v) is 7.75. The number of hydrogen-bond donors (Lipinski definition) is 4. The summed E-state index contributed by atoms with van der Waals surface area (Å²) in [7, 11) is 0. The molecule has 1 atom stereocenters. The number of carbonyl (C=O) groups excluding carboxylic acids is 2. The maximum Gasteiger partial charge on any atom is 0.274 e. The summed E-state index contributed by atoms with van der Waals surface area (Å²) in [5.41, 5.74) is 8.69. The minimum absolute atomic E-state index is 0.0396. The van der Waals surface area contributed by atoms with Crippen molar-refractivity contribution in [1.29, 1.82) is 0 Å². The molecule has 0 radical (unpaired) electrons. The summed E-state index contributed by atoms with van der Waals surface area (Å²) >= 11 is 0. The Morgan fingerprint density at radius 1 is 1.09 bits per heavy atom. The van der Waals surface area contributed by atoms with Gasteiger partial charge in [-0.3, -0.25) is 9.59 Å². The van der Waals surface area contributed by atoms with E-state index in [0.29, 0.717) is 23.4 Å². The number of nitrogens with one attached hydrogen (secondary N) is 3. The molecule has 0 spiro atoms. The molecule has 0 saturated carbocycles. The number of hydrogen-bond acceptors (Lipinski definition) is 6. The Bertz CT molecular complexity index is 1100. The second kappa shape index (κ2) is 10.0. The van der Waals surface area contributed by atoms with E-state index < -0.39 is 0 Å². The minimum atomic E-state index is -0.345. The number of amides is 2. The van der Waals surface area contributed by atoms with Gasteiger partial charge in [0.25, 0.3) is 11.8 Å². The fourth-order valence-electron chi connectivity index (χ4n) is 3.63. The van der Waals surface area contributed by atoms with Gasteiger partial charge in [-0.05, 0) is 37.1 Å². The minimum Gasteiger partial charge on any atom is -0.382 e. The summed E-state index contributed by atoms with van der Waals surface area (Å²) in [6.07, 6.45) is 3.42. The number of nitrogens with two attached hydrogens (primary N) is 1. The Morgan fingerprint density at radius 2 is 1.94 bits per heavy atom. The van der Waals surface area contributed by atoms with E-state index in [-0.39, 0.29) is 29.4 Å². The summed E-state index contributed by atoms with van der Waals surface area (Å²) in [6.45, 7) is 2.11. The third kappa shape index (κ3) is 5.28. The molecule has 8 nitrogen and oxygen atoms in total.